The van der Waals surface area contributed by atoms with Crippen molar-refractivity contribution in [3.05, 3.63) is 51.5 Å². The van der Waals surface area contributed by atoms with Crippen LogP contribution in [0, 0.1) is 13.8 Å². The van der Waals surface area contributed by atoms with Gasteiger partial charge in [0.15, 0.2) is 0 Å². The average Bonchev–Trinajstić information content (AvgIpc) is 2.92. The molecule has 0 spiro atoms. The summed E-state index contributed by atoms with van der Waals surface area (Å²) in [6.07, 6.45) is 0.407. The van der Waals surface area contributed by atoms with Crippen molar-refractivity contribution >= 4 is 23.2 Å². The standard InChI is InChI=1S/C18H21N3O2S/c1-13-16(24-14(2)19-13)12-17(22)20-8-10-21(11-9-20)18(23)15-6-4-3-5-7-15/h3-7H,8-12H2,1-2H3. The lowest BCUT2D eigenvalue weighted by atomic mass is 10.1. The van der Waals surface area contributed by atoms with Crippen molar-refractivity contribution in [1.82, 2.24) is 14.8 Å². The Bertz CT molecular complexity index is 734. The molecular formula is C18H21N3O2S. The smallest absolute Gasteiger partial charge is 0.253 e. The van der Waals surface area contributed by atoms with E-state index in [1.54, 1.807) is 11.3 Å². The molecule has 1 aliphatic heterocycles. The second-order valence-electron chi connectivity index (χ2n) is 5.96. The first kappa shape index (κ1) is 16.6. The zero-order chi connectivity index (χ0) is 17.1. The van der Waals surface area contributed by atoms with E-state index in [9.17, 15) is 9.59 Å². The van der Waals surface area contributed by atoms with Crippen LogP contribution >= 0.6 is 11.3 Å². The van der Waals surface area contributed by atoms with E-state index in [1.807, 2.05) is 54.0 Å². The van der Waals surface area contributed by atoms with Crippen molar-refractivity contribution < 1.29 is 9.59 Å². The molecule has 0 unspecified atom stereocenters. The summed E-state index contributed by atoms with van der Waals surface area (Å²) in [6.45, 7) is 6.25. The zero-order valence-corrected chi connectivity index (χ0v) is 14.8. The molecule has 0 aliphatic carbocycles. The lowest BCUT2D eigenvalue weighted by Crippen LogP contribution is -2.51. The summed E-state index contributed by atoms with van der Waals surface area (Å²) in [6, 6.07) is 9.29. The zero-order valence-electron chi connectivity index (χ0n) is 14.0. The Morgan fingerprint density at radius 3 is 2.25 bits per heavy atom. The number of thiazole rings is 1. The summed E-state index contributed by atoms with van der Waals surface area (Å²) in [5.74, 6) is 0.158. The van der Waals surface area contributed by atoms with Crippen molar-refractivity contribution in [2.24, 2.45) is 0 Å². The Hall–Kier alpha value is -2.21. The van der Waals surface area contributed by atoms with E-state index >= 15 is 0 Å². The molecule has 1 aromatic carbocycles. The predicted octanol–water partition coefficient (Wildman–Crippen LogP) is 2.29. The summed E-state index contributed by atoms with van der Waals surface area (Å²) in [5.41, 5.74) is 1.65. The molecule has 126 valence electrons. The highest BCUT2D eigenvalue weighted by atomic mass is 32.1. The van der Waals surface area contributed by atoms with E-state index in [1.165, 1.54) is 0 Å². The number of nitrogens with zero attached hydrogens (tertiary/aromatic N) is 3. The third kappa shape index (κ3) is 3.64. The van der Waals surface area contributed by atoms with Crippen LogP contribution in [-0.4, -0.2) is 52.8 Å². The fraction of sp³-hybridized carbons (Fsp3) is 0.389. The first-order chi connectivity index (χ1) is 11.5. The number of piperazine rings is 1. The maximum Gasteiger partial charge on any atom is 0.253 e. The van der Waals surface area contributed by atoms with Gasteiger partial charge in [0.25, 0.3) is 5.91 Å². The van der Waals surface area contributed by atoms with Crippen LogP contribution in [-0.2, 0) is 11.2 Å². The van der Waals surface area contributed by atoms with E-state index in [-0.39, 0.29) is 11.8 Å². The van der Waals surface area contributed by atoms with Gasteiger partial charge >= 0.3 is 0 Å². The third-order valence-electron chi connectivity index (χ3n) is 4.25. The van der Waals surface area contributed by atoms with Crippen molar-refractivity contribution in [1.29, 1.82) is 0 Å². The second-order valence-corrected chi connectivity index (χ2v) is 7.25. The van der Waals surface area contributed by atoms with Crippen LogP contribution in [0.2, 0.25) is 0 Å². The number of benzene rings is 1. The van der Waals surface area contributed by atoms with Gasteiger partial charge in [-0.1, -0.05) is 18.2 Å². The van der Waals surface area contributed by atoms with Gasteiger partial charge in [-0.25, -0.2) is 4.98 Å². The molecule has 0 radical (unpaired) electrons. The highest BCUT2D eigenvalue weighted by Gasteiger charge is 2.25. The van der Waals surface area contributed by atoms with E-state index < -0.39 is 0 Å². The molecule has 3 rings (SSSR count). The maximum atomic E-state index is 12.5. The van der Waals surface area contributed by atoms with Gasteiger partial charge < -0.3 is 9.80 Å². The molecule has 0 N–H and O–H groups in total. The van der Waals surface area contributed by atoms with Gasteiger partial charge in [0.05, 0.1) is 17.1 Å². The molecule has 2 heterocycles. The van der Waals surface area contributed by atoms with Crippen LogP contribution in [0.3, 0.4) is 0 Å². The molecule has 2 amide bonds. The molecule has 2 aromatic rings. The summed E-state index contributed by atoms with van der Waals surface area (Å²) < 4.78 is 0. The summed E-state index contributed by atoms with van der Waals surface area (Å²) in [7, 11) is 0. The summed E-state index contributed by atoms with van der Waals surface area (Å²) in [4.78, 5) is 34.0. The molecule has 0 atom stereocenters. The number of aryl methyl sites for hydroxylation is 2. The van der Waals surface area contributed by atoms with Gasteiger partial charge in [0.2, 0.25) is 5.91 Å². The average molecular weight is 343 g/mol. The molecule has 5 nitrogen and oxygen atoms in total. The number of amides is 2. The van der Waals surface area contributed by atoms with Gasteiger partial charge in [-0.05, 0) is 26.0 Å². The number of rotatable bonds is 3. The molecular weight excluding hydrogens is 322 g/mol. The highest BCUT2D eigenvalue weighted by molar-refractivity contribution is 7.11. The fourth-order valence-electron chi connectivity index (χ4n) is 2.91. The predicted molar refractivity (Wildman–Crippen MR) is 94.2 cm³/mol. The Labute approximate surface area is 145 Å². The molecule has 6 heteroatoms. The van der Waals surface area contributed by atoms with Crippen molar-refractivity contribution in [3.8, 4) is 0 Å². The normalized spacial score (nSPS) is 14.8. The van der Waals surface area contributed by atoms with Crippen LogP contribution < -0.4 is 0 Å². The minimum absolute atomic E-state index is 0.0385. The highest BCUT2D eigenvalue weighted by Crippen LogP contribution is 2.19. The molecule has 1 aliphatic rings. The lowest BCUT2D eigenvalue weighted by Gasteiger charge is -2.34. The first-order valence-electron chi connectivity index (χ1n) is 8.09. The van der Waals surface area contributed by atoms with Crippen LogP contribution in [0.15, 0.2) is 30.3 Å². The third-order valence-corrected chi connectivity index (χ3v) is 5.32. The molecule has 1 saturated heterocycles. The van der Waals surface area contributed by atoms with Gasteiger partial charge in [-0.3, -0.25) is 9.59 Å². The molecule has 0 saturated carbocycles. The number of hydrogen-bond donors (Lipinski definition) is 0. The SMILES string of the molecule is Cc1nc(C)c(CC(=O)N2CCN(C(=O)c3ccccc3)CC2)s1. The van der Waals surface area contributed by atoms with Gasteiger partial charge in [0.1, 0.15) is 0 Å². The fourth-order valence-corrected chi connectivity index (χ4v) is 3.84. The monoisotopic (exact) mass is 343 g/mol. The lowest BCUT2D eigenvalue weighted by molar-refractivity contribution is -0.131. The molecule has 0 bridgehead atoms. The Morgan fingerprint density at radius 1 is 1.04 bits per heavy atom. The largest absolute Gasteiger partial charge is 0.339 e. The van der Waals surface area contributed by atoms with Crippen molar-refractivity contribution in [2.75, 3.05) is 26.2 Å². The number of carbonyl (C=O) groups excluding carboxylic acids is 2. The minimum atomic E-state index is 0.0385. The van der Waals surface area contributed by atoms with E-state index in [4.69, 9.17) is 0 Å². The second kappa shape index (κ2) is 7.13. The summed E-state index contributed by atoms with van der Waals surface area (Å²) in [5, 5.41) is 0.994. The van der Waals surface area contributed by atoms with Gasteiger partial charge in [0, 0.05) is 36.6 Å². The van der Waals surface area contributed by atoms with E-state index in [0.717, 1.165) is 15.6 Å². The molecule has 1 aromatic heterocycles. The van der Waals surface area contributed by atoms with E-state index in [2.05, 4.69) is 4.98 Å². The van der Waals surface area contributed by atoms with Crippen LogP contribution in [0.25, 0.3) is 0 Å². The van der Waals surface area contributed by atoms with Crippen LogP contribution in [0.1, 0.15) is 25.9 Å². The maximum absolute atomic E-state index is 12.5. The van der Waals surface area contributed by atoms with Gasteiger partial charge in [-0.15, -0.1) is 11.3 Å². The van der Waals surface area contributed by atoms with Crippen LogP contribution in [0.4, 0.5) is 0 Å². The Balaban J connectivity index is 1.56. The van der Waals surface area contributed by atoms with E-state index in [0.29, 0.717) is 38.2 Å². The first-order valence-corrected chi connectivity index (χ1v) is 8.91. The van der Waals surface area contributed by atoms with Crippen molar-refractivity contribution in [2.45, 2.75) is 20.3 Å². The van der Waals surface area contributed by atoms with Gasteiger partial charge in [-0.2, -0.15) is 0 Å². The Kier molecular flexibility index (Phi) is 4.94. The number of carbonyl (C=O) groups is 2. The van der Waals surface area contributed by atoms with Crippen LogP contribution in [0.5, 0.6) is 0 Å². The topological polar surface area (TPSA) is 53.5 Å². The Morgan fingerprint density at radius 2 is 1.67 bits per heavy atom. The molecule has 24 heavy (non-hydrogen) atoms. The minimum Gasteiger partial charge on any atom is -0.339 e. The van der Waals surface area contributed by atoms with Crippen molar-refractivity contribution in [3.63, 3.8) is 0 Å². The molecule has 1 fully saturated rings. The number of hydrogen-bond acceptors (Lipinski definition) is 4. The quantitative estimate of drug-likeness (QED) is 0.859. The summed E-state index contributed by atoms with van der Waals surface area (Å²) >= 11 is 1.59. The number of aromatic nitrogens is 1.